The Bertz CT molecular complexity index is 1020. The molecule has 1 spiro atoms. The smallest absolute Gasteiger partial charge is 0.243 e. The molecule has 27 heavy (non-hydrogen) atoms. The standard InChI is InChI=1S/C20H22N2O4S/c1-14-4-7-16(8-5-14)27(24,25)22-11-10-20(13-22)17-12-15(26-3)6-9-18(17)21(2)19(20)23/h4-9,12H,10-11,13H2,1-3H3/t20-/m1/s1. The van der Waals surface area contributed by atoms with Crippen LogP contribution in [0.15, 0.2) is 47.4 Å². The zero-order valence-electron chi connectivity index (χ0n) is 15.6. The van der Waals surface area contributed by atoms with Gasteiger partial charge in [0.1, 0.15) is 5.75 Å². The third-order valence-electron chi connectivity index (χ3n) is 5.69. The van der Waals surface area contributed by atoms with E-state index in [-0.39, 0.29) is 17.3 Å². The SMILES string of the molecule is COc1ccc2c(c1)[C@]1(CCN(S(=O)(=O)c3ccc(C)cc3)C1)C(=O)N2C. The molecule has 4 rings (SSSR count). The van der Waals surface area contributed by atoms with Crippen molar-refractivity contribution in [3.63, 3.8) is 0 Å². The third-order valence-corrected chi connectivity index (χ3v) is 7.55. The molecule has 2 aliphatic rings. The normalized spacial score (nSPS) is 22.5. The van der Waals surface area contributed by atoms with Crippen LogP contribution >= 0.6 is 0 Å². The second kappa shape index (κ2) is 6.07. The molecule has 1 amide bonds. The van der Waals surface area contributed by atoms with E-state index in [1.54, 1.807) is 43.3 Å². The van der Waals surface area contributed by atoms with Gasteiger partial charge in [-0.1, -0.05) is 17.7 Å². The molecule has 0 unspecified atom stereocenters. The third kappa shape index (κ3) is 2.56. The Morgan fingerprint density at radius 1 is 1.11 bits per heavy atom. The van der Waals surface area contributed by atoms with Crippen molar-refractivity contribution in [3.8, 4) is 5.75 Å². The first kappa shape index (κ1) is 18.0. The number of carbonyl (C=O) groups is 1. The molecule has 1 saturated heterocycles. The molecule has 0 bridgehead atoms. The monoisotopic (exact) mass is 386 g/mol. The second-order valence-corrected chi connectivity index (χ2v) is 9.17. The molecular formula is C20H22N2O4S. The highest BCUT2D eigenvalue weighted by atomic mass is 32.2. The Hall–Kier alpha value is -2.38. The number of fused-ring (bicyclic) bond motifs is 2. The molecule has 0 aliphatic carbocycles. The van der Waals surface area contributed by atoms with Crippen molar-refractivity contribution in [2.45, 2.75) is 23.7 Å². The summed E-state index contributed by atoms with van der Waals surface area (Å²) in [6.45, 7) is 2.37. The lowest BCUT2D eigenvalue weighted by molar-refractivity contribution is -0.122. The van der Waals surface area contributed by atoms with Gasteiger partial charge in [0.15, 0.2) is 0 Å². The molecule has 0 saturated carbocycles. The maximum absolute atomic E-state index is 13.1. The number of rotatable bonds is 3. The van der Waals surface area contributed by atoms with E-state index in [0.29, 0.717) is 18.7 Å². The number of amides is 1. The number of methoxy groups -OCH3 is 1. The summed E-state index contributed by atoms with van der Waals surface area (Å²) in [5, 5.41) is 0. The molecule has 6 nitrogen and oxygen atoms in total. The topological polar surface area (TPSA) is 66.9 Å². The number of hydrogen-bond acceptors (Lipinski definition) is 4. The molecule has 2 aromatic rings. The number of likely N-dealkylation sites (N-methyl/N-ethyl adjacent to an activating group) is 1. The molecule has 1 atom stereocenters. The van der Waals surface area contributed by atoms with Gasteiger partial charge in [-0.2, -0.15) is 4.31 Å². The first-order valence-corrected chi connectivity index (χ1v) is 10.3. The van der Waals surface area contributed by atoms with Gasteiger partial charge in [-0.15, -0.1) is 0 Å². The Balaban J connectivity index is 1.74. The van der Waals surface area contributed by atoms with Crippen molar-refractivity contribution in [2.75, 3.05) is 32.1 Å². The zero-order chi connectivity index (χ0) is 19.4. The molecule has 0 radical (unpaired) electrons. The molecule has 2 aliphatic heterocycles. The van der Waals surface area contributed by atoms with Gasteiger partial charge in [-0.25, -0.2) is 8.42 Å². The molecule has 7 heteroatoms. The van der Waals surface area contributed by atoms with Crippen molar-refractivity contribution < 1.29 is 17.9 Å². The molecule has 0 N–H and O–H groups in total. The summed E-state index contributed by atoms with van der Waals surface area (Å²) >= 11 is 0. The van der Waals surface area contributed by atoms with Gasteiger partial charge in [0, 0.05) is 25.8 Å². The highest BCUT2D eigenvalue weighted by Gasteiger charge is 2.55. The van der Waals surface area contributed by atoms with Crippen molar-refractivity contribution in [3.05, 3.63) is 53.6 Å². The maximum atomic E-state index is 13.1. The fourth-order valence-electron chi connectivity index (χ4n) is 4.10. The summed E-state index contributed by atoms with van der Waals surface area (Å²) in [5.74, 6) is 0.600. The minimum Gasteiger partial charge on any atom is -0.497 e. The number of benzene rings is 2. The first-order valence-electron chi connectivity index (χ1n) is 8.83. The van der Waals surface area contributed by atoms with E-state index in [2.05, 4.69) is 0 Å². The Labute approximate surface area is 159 Å². The van der Waals surface area contributed by atoms with Crippen LogP contribution in [0.1, 0.15) is 17.5 Å². The molecule has 2 heterocycles. The van der Waals surface area contributed by atoms with E-state index < -0.39 is 15.4 Å². The number of sulfonamides is 1. The summed E-state index contributed by atoms with van der Waals surface area (Å²) < 4.78 is 32.9. The maximum Gasteiger partial charge on any atom is 0.243 e. The van der Waals surface area contributed by atoms with E-state index in [1.165, 1.54) is 4.31 Å². The van der Waals surface area contributed by atoms with Crippen LogP contribution in [0.25, 0.3) is 0 Å². The number of carbonyl (C=O) groups excluding carboxylic acids is 1. The van der Waals surface area contributed by atoms with Crippen LogP contribution in [0, 0.1) is 6.92 Å². The van der Waals surface area contributed by atoms with Crippen LogP contribution < -0.4 is 9.64 Å². The quantitative estimate of drug-likeness (QED) is 0.812. The van der Waals surface area contributed by atoms with Gasteiger partial charge in [-0.3, -0.25) is 4.79 Å². The van der Waals surface area contributed by atoms with E-state index in [1.807, 2.05) is 25.1 Å². The fraction of sp³-hybridized carbons (Fsp3) is 0.350. The lowest BCUT2D eigenvalue weighted by atomic mass is 9.81. The molecule has 142 valence electrons. The fourth-order valence-corrected chi connectivity index (χ4v) is 5.60. The minimum absolute atomic E-state index is 0.0626. The number of ether oxygens (including phenoxy) is 1. The molecular weight excluding hydrogens is 364 g/mol. The number of aryl methyl sites for hydroxylation is 1. The summed E-state index contributed by atoms with van der Waals surface area (Å²) in [6, 6.07) is 12.3. The minimum atomic E-state index is -3.65. The van der Waals surface area contributed by atoms with Crippen LogP contribution in [-0.2, 0) is 20.2 Å². The summed E-state index contributed by atoms with van der Waals surface area (Å²) in [4.78, 5) is 15.0. The Morgan fingerprint density at radius 3 is 2.48 bits per heavy atom. The Kier molecular flexibility index (Phi) is 4.05. The van der Waals surface area contributed by atoms with Crippen LogP contribution in [-0.4, -0.2) is 45.9 Å². The van der Waals surface area contributed by atoms with Gasteiger partial charge in [0.2, 0.25) is 15.9 Å². The van der Waals surface area contributed by atoms with Crippen molar-refractivity contribution in [2.24, 2.45) is 0 Å². The summed E-state index contributed by atoms with van der Waals surface area (Å²) in [7, 11) is -0.330. The van der Waals surface area contributed by atoms with Crippen molar-refractivity contribution in [1.82, 2.24) is 4.31 Å². The number of anilines is 1. The van der Waals surface area contributed by atoms with E-state index in [0.717, 1.165) is 16.8 Å². The highest BCUT2D eigenvalue weighted by molar-refractivity contribution is 7.89. The number of nitrogens with zero attached hydrogens (tertiary/aromatic N) is 2. The van der Waals surface area contributed by atoms with Crippen molar-refractivity contribution in [1.29, 1.82) is 0 Å². The largest absolute Gasteiger partial charge is 0.497 e. The second-order valence-electron chi connectivity index (χ2n) is 7.23. The van der Waals surface area contributed by atoms with E-state index in [4.69, 9.17) is 4.74 Å². The predicted octanol–water partition coefficient (Wildman–Crippen LogP) is 2.31. The Morgan fingerprint density at radius 2 is 1.81 bits per heavy atom. The average molecular weight is 386 g/mol. The average Bonchev–Trinajstić information content (AvgIpc) is 3.21. The van der Waals surface area contributed by atoms with Gasteiger partial charge >= 0.3 is 0 Å². The molecule has 0 aromatic heterocycles. The van der Waals surface area contributed by atoms with Gasteiger partial charge in [0.05, 0.1) is 17.4 Å². The van der Waals surface area contributed by atoms with Crippen LogP contribution in [0.3, 0.4) is 0 Å². The lowest BCUT2D eigenvalue weighted by Crippen LogP contribution is -2.42. The van der Waals surface area contributed by atoms with E-state index in [9.17, 15) is 13.2 Å². The summed E-state index contributed by atoms with van der Waals surface area (Å²) in [6.07, 6.45) is 0.460. The van der Waals surface area contributed by atoms with Gasteiger partial charge < -0.3 is 9.64 Å². The van der Waals surface area contributed by atoms with Gasteiger partial charge in [-0.05, 0) is 49.2 Å². The molecule has 1 fully saturated rings. The summed E-state index contributed by atoms with van der Waals surface area (Å²) in [5.41, 5.74) is 1.81. The van der Waals surface area contributed by atoms with Gasteiger partial charge in [0.25, 0.3) is 0 Å². The first-order chi connectivity index (χ1) is 12.8. The van der Waals surface area contributed by atoms with Crippen LogP contribution in [0.5, 0.6) is 5.75 Å². The number of hydrogen-bond donors (Lipinski definition) is 0. The van der Waals surface area contributed by atoms with Crippen LogP contribution in [0.4, 0.5) is 5.69 Å². The van der Waals surface area contributed by atoms with Crippen LogP contribution in [0.2, 0.25) is 0 Å². The predicted molar refractivity (Wildman–Crippen MR) is 103 cm³/mol. The lowest BCUT2D eigenvalue weighted by Gasteiger charge is -2.23. The molecule has 2 aromatic carbocycles. The van der Waals surface area contributed by atoms with E-state index >= 15 is 0 Å². The van der Waals surface area contributed by atoms with Crippen molar-refractivity contribution >= 4 is 21.6 Å². The highest BCUT2D eigenvalue weighted by Crippen LogP contribution is 2.48. The zero-order valence-corrected chi connectivity index (χ0v) is 16.4.